The molecule has 18 heavy (non-hydrogen) atoms. The maximum absolute atomic E-state index is 13.3. The van der Waals surface area contributed by atoms with E-state index in [2.05, 4.69) is 0 Å². The third-order valence-electron chi connectivity index (χ3n) is 2.55. The van der Waals surface area contributed by atoms with Gasteiger partial charge in [-0.1, -0.05) is 24.3 Å². The van der Waals surface area contributed by atoms with E-state index in [0.717, 1.165) is 5.56 Å². The smallest absolute Gasteiger partial charge is 0.165 e. The lowest BCUT2D eigenvalue weighted by atomic mass is 10.1. The van der Waals surface area contributed by atoms with E-state index >= 15 is 0 Å². The van der Waals surface area contributed by atoms with Gasteiger partial charge in [-0.2, -0.15) is 0 Å². The number of halogens is 2. The molecule has 0 aliphatic carbocycles. The van der Waals surface area contributed by atoms with Gasteiger partial charge < -0.3 is 10.5 Å². The van der Waals surface area contributed by atoms with Gasteiger partial charge in [0.05, 0.1) is 6.04 Å². The maximum atomic E-state index is 13.3. The highest BCUT2D eigenvalue weighted by molar-refractivity contribution is 5.24. The molecule has 0 spiro atoms. The van der Waals surface area contributed by atoms with Crippen LogP contribution in [0, 0.1) is 11.6 Å². The predicted molar refractivity (Wildman–Crippen MR) is 65.2 cm³/mol. The Bertz CT molecular complexity index is 513. The van der Waals surface area contributed by atoms with Crippen LogP contribution in [0.4, 0.5) is 8.78 Å². The topological polar surface area (TPSA) is 35.2 Å². The molecule has 0 fully saturated rings. The van der Waals surface area contributed by atoms with Gasteiger partial charge in [0.2, 0.25) is 0 Å². The molecule has 4 heteroatoms. The Morgan fingerprint density at radius 1 is 1.00 bits per heavy atom. The van der Waals surface area contributed by atoms with Crippen LogP contribution in [-0.4, -0.2) is 6.61 Å². The molecule has 1 atom stereocenters. The van der Waals surface area contributed by atoms with Crippen LogP contribution in [0.15, 0.2) is 48.5 Å². The molecule has 2 aromatic carbocycles. The minimum atomic E-state index is -0.427. The van der Waals surface area contributed by atoms with E-state index in [9.17, 15) is 8.78 Å². The molecule has 2 nitrogen and oxygen atoms in total. The molecule has 0 heterocycles. The number of rotatable bonds is 4. The number of para-hydroxylation sites is 1. The van der Waals surface area contributed by atoms with E-state index in [1.165, 1.54) is 24.3 Å². The number of ether oxygens (including phenoxy) is 1. The summed E-state index contributed by atoms with van der Waals surface area (Å²) in [6.07, 6.45) is 0. The van der Waals surface area contributed by atoms with Crippen LogP contribution >= 0.6 is 0 Å². The van der Waals surface area contributed by atoms with Gasteiger partial charge >= 0.3 is 0 Å². The average molecular weight is 249 g/mol. The predicted octanol–water partition coefficient (Wildman–Crippen LogP) is 3.04. The average Bonchev–Trinajstić information content (AvgIpc) is 2.38. The van der Waals surface area contributed by atoms with E-state index in [1.807, 2.05) is 0 Å². The molecule has 0 saturated carbocycles. The normalized spacial score (nSPS) is 12.2. The van der Waals surface area contributed by atoms with Crippen molar-refractivity contribution in [2.45, 2.75) is 6.04 Å². The minimum absolute atomic E-state index is 0.132. The van der Waals surface area contributed by atoms with Crippen LogP contribution < -0.4 is 10.5 Å². The van der Waals surface area contributed by atoms with Gasteiger partial charge in [-0.15, -0.1) is 0 Å². The highest BCUT2D eigenvalue weighted by Gasteiger charge is 2.08. The van der Waals surface area contributed by atoms with Crippen molar-refractivity contribution in [3.8, 4) is 5.75 Å². The molecule has 2 aromatic rings. The van der Waals surface area contributed by atoms with E-state index in [0.29, 0.717) is 0 Å². The number of hydrogen-bond donors (Lipinski definition) is 1. The fourth-order valence-corrected chi connectivity index (χ4v) is 1.55. The maximum Gasteiger partial charge on any atom is 0.165 e. The third-order valence-corrected chi connectivity index (χ3v) is 2.55. The quantitative estimate of drug-likeness (QED) is 0.903. The second-order valence-corrected chi connectivity index (χ2v) is 3.90. The van der Waals surface area contributed by atoms with Crippen LogP contribution in [-0.2, 0) is 0 Å². The van der Waals surface area contributed by atoms with Crippen molar-refractivity contribution in [2.24, 2.45) is 5.73 Å². The first kappa shape index (κ1) is 12.5. The van der Waals surface area contributed by atoms with Gasteiger partial charge in [0, 0.05) is 0 Å². The van der Waals surface area contributed by atoms with Crippen LogP contribution in [0.25, 0.3) is 0 Å². The summed E-state index contributed by atoms with van der Waals surface area (Å²) in [7, 11) is 0. The Labute approximate surface area is 104 Å². The van der Waals surface area contributed by atoms with Crippen molar-refractivity contribution in [1.82, 2.24) is 0 Å². The second kappa shape index (κ2) is 5.60. The van der Waals surface area contributed by atoms with Crippen LogP contribution in [0.3, 0.4) is 0 Å². The van der Waals surface area contributed by atoms with Crippen molar-refractivity contribution in [2.75, 3.05) is 6.61 Å². The van der Waals surface area contributed by atoms with Gasteiger partial charge in [0.1, 0.15) is 12.4 Å². The SMILES string of the molecule is NC(COc1ccccc1F)c1ccc(F)cc1. The molecule has 0 aliphatic rings. The Balaban J connectivity index is 1.98. The van der Waals surface area contributed by atoms with E-state index in [1.54, 1.807) is 24.3 Å². The van der Waals surface area contributed by atoms with Gasteiger partial charge in [-0.05, 0) is 29.8 Å². The summed E-state index contributed by atoms with van der Waals surface area (Å²) < 4.78 is 31.3. The molecule has 1 unspecified atom stereocenters. The van der Waals surface area contributed by atoms with Crippen molar-refractivity contribution >= 4 is 0 Å². The highest BCUT2D eigenvalue weighted by Crippen LogP contribution is 2.18. The lowest BCUT2D eigenvalue weighted by Gasteiger charge is -2.13. The van der Waals surface area contributed by atoms with E-state index in [4.69, 9.17) is 10.5 Å². The van der Waals surface area contributed by atoms with Gasteiger partial charge in [-0.25, -0.2) is 8.78 Å². The van der Waals surface area contributed by atoms with Crippen LogP contribution in [0.2, 0.25) is 0 Å². The molecule has 94 valence electrons. The van der Waals surface area contributed by atoms with Gasteiger partial charge in [-0.3, -0.25) is 0 Å². The molecule has 0 saturated heterocycles. The third kappa shape index (κ3) is 3.05. The largest absolute Gasteiger partial charge is 0.489 e. The molecule has 2 N–H and O–H groups in total. The summed E-state index contributed by atoms with van der Waals surface area (Å²) in [5, 5.41) is 0. The lowest BCUT2D eigenvalue weighted by Crippen LogP contribution is -2.19. The van der Waals surface area contributed by atoms with E-state index < -0.39 is 11.9 Å². The molecule has 0 amide bonds. The summed E-state index contributed by atoms with van der Waals surface area (Å²) >= 11 is 0. The zero-order valence-electron chi connectivity index (χ0n) is 9.64. The van der Waals surface area contributed by atoms with E-state index in [-0.39, 0.29) is 18.2 Å². The number of hydrogen-bond acceptors (Lipinski definition) is 2. The Hall–Kier alpha value is -1.94. The molecule has 2 rings (SSSR count). The fraction of sp³-hybridized carbons (Fsp3) is 0.143. The first-order valence-corrected chi connectivity index (χ1v) is 5.55. The van der Waals surface area contributed by atoms with Crippen molar-refractivity contribution in [1.29, 1.82) is 0 Å². The molecule has 0 radical (unpaired) electrons. The Morgan fingerprint density at radius 2 is 1.67 bits per heavy atom. The number of nitrogens with two attached hydrogens (primary N) is 1. The van der Waals surface area contributed by atoms with Crippen molar-refractivity contribution in [3.05, 3.63) is 65.7 Å². The van der Waals surface area contributed by atoms with Crippen LogP contribution in [0.1, 0.15) is 11.6 Å². The fourth-order valence-electron chi connectivity index (χ4n) is 1.55. The zero-order chi connectivity index (χ0) is 13.0. The van der Waals surface area contributed by atoms with Gasteiger partial charge in [0.15, 0.2) is 11.6 Å². The van der Waals surface area contributed by atoms with Gasteiger partial charge in [0.25, 0.3) is 0 Å². The van der Waals surface area contributed by atoms with Crippen molar-refractivity contribution in [3.63, 3.8) is 0 Å². The summed E-state index contributed by atoms with van der Waals surface area (Å²) in [5.41, 5.74) is 6.62. The lowest BCUT2D eigenvalue weighted by molar-refractivity contribution is 0.277. The first-order chi connectivity index (χ1) is 8.66. The summed E-state index contributed by atoms with van der Waals surface area (Å²) in [6, 6.07) is 11.5. The molecular weight excluding hydrogens is 236 g/mol. The summed E-state index contributed by atoms with van der Waals surface area (Å²) in [6.45, 7) is 0.132. The Morgan fingerprint density at radius 3 is 2.33 bits per heavy atom. The standard InChI is InChI=1S/C14H13F2NO/c15-11-7-5-10(6-8-11)13(17)9-18-14-4-2-1-3-12(14)16/h1-8,13H,9,17H2. The van der Waals surface area contributed by atoms with Crippen molar-refractivity contribution < 1.29 is 13.5 Å². The number of benzene rings is 2. The molecular formula is C14H13F2NO. The second-order valence-electron chi connectivity index (χ2n) is 3.90. The summed E-state index contributed by atoms with van der Waals surface area (Å²) in [4.78, 5) is 0. The molecule has 0 aliphatic heterocycles. The molecule has 0 aromatic heterocycles. The first-order valence-electron chi connectivity index (χ1n) is 5.55. The highest BCUT2D eigenvalue weighted by atomic mass is 19.1. The summed E-state index contributed by atoms with van der Waals surface area (Å²) in [5.74, 6) is -0.583. The minimum Gasteiger partial charge on any atom is -0.489 e. The monoisotopic (exact) mass is 249 g/mol. The Kier molecular flexibility index (Phi) is 3.89. The van der Waals surface area contributed by atoms with Crippen LogP contribution in [0.5, 0.6) is 5.75 Å². The molecule has 0 bridgehead atoms. The zero-order valence-corrected chi connectivity index (χ0v) is 9.64.